The second-order valence-corrected chi connectivity index (χ2v) is 9.40. The molecule has 2 saturated carbocycles. The number of nitrogens with zero attached hydrogens (tertiary/aromatic N) is 1. The van der Waals surface area contributed by atoms with Crippen LogP contribution in [0.25, 0.3) is 0 Å². The molecule has 0 aromatic rings. The van der Waals surface area contributed by atoms with Gasteiger partial charge in [-0.25, -0.2) is 4.79 Å². The van der Waals surface area contributed by atoms with E-state index >= 15 is 0 Å². The fourth-order valence-electron chi connectivity index (χ4n) is 4.53. The minimum absolute atomic E-state index is 0. The van der Waals surface area contributed by atoms with Crippen molar-refractivity contribution in [3.63, 3.8) is 0 Å². The molecule has 3 rings (SSSR count). The molecule has 0 aromatic carbocycles. The van der Waals surface area contributed by atoms with E-state index in [1.54, 1.807) is 5.41 Å². The monoisotopic (exact) mass is 439 g/mol. The number of nitrogens with one attached hydrogen (secondary N) is 2. The van der Waals surface area contributed by atoms with Gasteiger partial charge in [-0.15, -0.1) is 0 Å². The van der Waals surface area contributed by atoms with Crippen LogP contribution in [-0.4, -0.2) is 46.0 Å². The van der Waals surface area contributed by atoms with Gasteiger partial charge in [-0.2, -0.15) is 0 Å². The van der Waals surface area contributed by atoms with Crippen molar-refractivity contribution in [1.82, 2.24) is 15.5 Å². The third-order valence-corrected chi connectivity index (χ3v) is 7.17. The Balaban J connectivity index is 0.00000256. The first-order valence-electron chi connectivity index (χ1n) is 11.1. The highest BCUT2D eigenvalue weighted by molar-refractivity contribution is 8.05. The molecule has 8 heteroatoms. The summed E-state index contributed by atoms with van der Waals surface area (Å²) in [5.74, 6) is -1.45. The molecule has 0 saturated heterocycles. The van der Waals surface area contributed by atoms with Gasteiger partial charge in [-0.05, 0) is 50.5 Å². The van der Waals surface area contributed by atoms with E-state index in [1.165, 1.54) is 57.2 Å². The van der Waals surface area contributed by atoms with Gasteiger partial charge in [-0.3, -0.25) is 9.59 Å². The first kappa shape index (κ1) is 22.7. The second-order valence-electron chi connectivity index (χ2n) is 8.49. The van der Waals surface area contributed by atoms with Crippen LogP contribution in [0.2, 0.25) is 0 Å². The molecule has 1 aliphatic heterocycles. The lowest BCUT2D eigenvalue weighted by Crippen LogP contribution is -2.52. The summed E-state index contributed by atoms with van der Waals surface area (Å²) in [6.45, 7) is 1.43. The van der Waals surface area contributed by atoms with Crippen molar-refractivity contribution in [2.24, 2.45) is 0 Å². The van der Waals surface area contributed by atoms with Gasteiger partial charge < -0.3 is 20.6 Å². The van der Waals surface area contributed by atoms with E-state index in [0.29, 0.717) is 24.1 Å². The fourth-order valence-corrected chi connectivity index (χ4v) is 5.33. The average molecular weight is 440 g/mol. The van der Waals surface area contributed by atoms with Crippen LogP contribution in [0.5, 0.6) is 0 Å². The Morgan fingerprint density at radius 1 is 1.07 bits per heavy atom. The Bertz CT molecular complexity index is 702. The molecule has 7 nitrogen and oxygen atoms in total. The molecular formula is C22H37N3O4S. The summed E-state index contributed by atoms with van der Waals surface area (Å²) in [5.41, 5.74) is 0.502. The number of urea groups is 1. The highest BCUT2D eigenvalue weighted by Crippen LogP contribution is 2.31. The number of aliphatic carboxylic acids is 1. The molecule has 30 heavy (non-hydrogen) atoms. The van der Waals surface area contributed by atoms with Gasteiger partial charge in [0.2, 0.25) is 5.91 Å². The number of amides is 3. The molecule has 1 atom stereocenters. The number of thioether (sulfide) groups is 1. The van der Waals surface area contributed by atoms with Crippen LogP contribution in [0.3, 0.4) is 0 Å². The van der Waals surface area contributed by atoms with E-state index < -0.39 is 12.0 Å². The van der Waals surface area contributed by atoms with Crippen LogP contribution in [0.15, 0.2) is 22.1 Å². The van der Waals surface area contributed by atoms with Crippen molar-refractivity contribution in [3.05, 3.63) is 22.1 Å². The number of rotatable bonds is 6. The van der Waals surface area contributed by atoms with E-state index in [4.69, 9.17) is 5.11 Å². The zero-order chi connectivity index (χ0) is 21.5. The molecule has 0 aromatic heterocycles. The number of carbonyl (C=O) groups is 3. The topological polar surface area (TPSA) is 98.7 Å². The fraction of sp³-hybridized carbons (Fsp3) is 0.682. The summed E-state index contributed by atoms with van der Waals surface area (Å²) in [7, 11) is 0. The summed E-state index contributed by atoms with van der Waals surface area (Å²) in [6, 6.07) is -0.308. The minimum Gasteiger partial charge on any atom is -0.480 e. The summed E-state index contributed by atoms with van der Waals surface area (Å²) in [5, 5.41) is 16.9. The maximum atomic E-state index is 13.2. The average Bonchev–Trinajstić information content (AvgIpc) is 2.76. The molecule has 0 unspecified atom stereocenters. The summed E-state index contributed by atoms with van der Waals surface area (Å²) in [6.07, 6.45) is 13.8. The highest BCUT2D eigenvalue weighted by atomic mass is 32.2. The van der Waals surface area contributed by atoms with Crippen LogP contribution >= 0.6 is 11.8 Å². The van der Waals surface area contributed by atoms with Gasteiger partial charge in [0.05, 0.1) is 5.03 Å². The molecule has 2 aliphatic carbocycles. The summed E-state index contributed by atoms with van der Waals surface area (Å²) >= 11 is 1.31. The van der Waals surface area contributed by atoms with Crippen LogP contribution in [0.4, 0.5) is 4.79 Å². The lowest BCUT2D eigenvalue weighted by molar-refractivity contribution is -0.140. The summed E-state index contributed by atoms with van der Waals surface area (Å²) in [4.78, 5) is 38.5. The van der Waals surface area contributed by atoms with Gasteiger partial charge in [-0.1, -0.05) is 50.3 Å². The number of carboxylic acid groups (broad SMARTS) is 1. The molecule has 1 heterocycles. The molecule has 3 amide bonds. The smallest absolute Gasteiger partial charge is 0.325 e. The predicted molar refractivity (Wildman–Crippen MR) is 122 cm³/mol. The Morgan fingerprint density at radius 2 is 1.63 bits per heavy atom. The third kappa shape index (κ3) is 6.03. The van der Waals surface area contributed by atoms with E-state index in [9.17, 15) is 14.4 Å². The second kappa shape index (κ2) is 10.9. The minimum atomic E-state index is -1.07. The lowest BCUT2D eigenvalue weighted by Gasteiger charge is -2.41. The maximum Gasteiger partial charge on any atom is 0.325 e. The first-order chi connectivity index (χ1) is 14.5. The van der Waals surface area contributed by atoms with E-state index in [2.05, 4.69) is 15.5 Å². The zero-order valence-electron chi connectivity index (χ0n) is 17.7. The van der Waals surface area contributed by atoms with E-state index in [-0.39, 0.29) is 14.8 Å². The molecule has 170 valence electrons. The molecule has 0 spiro atoms. The van der Waals surface area contributed by atoms with Crippen molar-refractivity contribution in [2.75, 3.05) is 0 Å². The molecule has 3 N–H and O–H groups in total. The van der Waals surface area contributed by atoms with Gasteiger partial charge >= 0.3 is 12.0 Å². The Morgan fingerprint density at radius 3 is 2.10 bits per heavy atom. The van der Waals surface area contributed by atoms with Crippen molar-refractivity contribution < 1.29 is 22.3 Å². The van der Waals surface area contributed by atoms with Gasteiger partial charge in [0.25, 0.3) is 0 Å². The van der Waals surface area contributed by atoms with Gasteiger partial charge in [0.15, 0.2) is 0 Å². The lowest BCUT2D eigenvalue weighted by atomic mass is 9.89. The van der Waals surface area contributed by atoms with Crippen molar-refractivity contribution >= 4 is 29.7 Å². The highest BCUT2D eigenvalue weighted by Gasteiger charge is 2.33. The largest absolute Gasteiger partial charge is 0.480 e. The maximum absolute atomic E-state index is 13.2. The van der Waals surface area contributed by atoms with Crippen LogP contribution < -0.4 is 10.6 Å². The molecule has 0 bridgehead atoms. The van der Waals surface area contributed by atoms with E-state index in [1.807, 2.05) is 6.08 Å². The molecular weight excluding hydrogens is 402 g/mol. The van der Waals surface area contributed by atoms with E-state index in [0.717, 1.165) is 30.7 Å². The predicted octanol–water partition coefficient (Wildman–Crippen LogP) is 4.61. The number of allylic oxidation sites excluding steroid dienone is 1. The van der Waals surface area contributed by atoms with Crippen LogP contribution in [-0.2, 0) is 9.59 Å². The Kier molecular flexibility index (Phi) is 8.24. The van der Waals surface area contributed by atoms with Crippen LogP contribution in [0.1, 0.15) is 80.4 Å². The number of carboxylic acids is 1. The van der Waals surface area contributed by atoms with Crippen molar-refractivity contribution in [1.29, 1.82) is 0 Å². The van der Waals surface area contributed by atoms with Crippen molar-refractivity contribution in [3.8, 4) is 0 Å². The number of carbonyl (C=O) groups excluding carboxylic acids is 2. The molecule has 2 fully saturated rings. The van der Waals surface area contributed by atoms with Gasteiger partial charge in [0.1, 0.15) is 6.04 Å². The normalized spacial score (nSPS) is 21.8. The Labute approximate surface area is 185 Å². The zero-order valence-corrected chi connectivity index (χ0v) is 18.5. The first-order valence-corrected chi connectivity index (χ1v) is 12.0. The number of hydrogen-bond acceptors (Lipinski definition) is 4. The van der Waals surface area contributed by atoms with Crippen LogP contribution in [0, 0.1) is 0 Å². The van der Waals surface area contributed by atoms with Crippen molar-refractivity contribution in [2.45, 2.75) is 95.7 Å². The quantitative estimate of drug-likeness (QED) is 0.561. The molecule has 0 radical (unpaired) electrons. The standard InChI is InChI=1S/C22H33N3O4S.2H2/c1-15(21(27)28)23-20(26)16-12-13-19(30-14-16)24-22(29)25(17-8-4-2-5-9-17)18-10-6-3-7-11-18;;/h13-15,17-18H,2-12H2,1H3,(H,23,26)(H,24,29)(H,27,28);2*1H/t15-;;/m0../s1. The summed E-state index contributed by atoms with van der Waals surface area (Å²) < 4.78 is 0. The molecule has 3 aliphatic rings. The number of hydrogen-bond donors (Lipinski definition) is 3. The third-order valence-electron chi connectivity index (χ3n) is 6.25. The Hall–Kier alpha value is -1.96. The SMILES string of the molecule is C[C@H](NC(=O)C1=CSC(NC(=O)N(C2CCCCC2)C2CCCCC2)=CC1)C(=O)O.[HH].[HH]. The van der Waals surface area contributed by atoms with Gasteiger partial charge in [0, 0.05) is 20.5 Å².